The fourth-order valence-electron chi connectivity index (χ4n) is 1.46. The number of rotatable bonds is 3. The van der Waals surface area contributed by atoms with Crippen LogP contribution in [0.3, 0.4) is 0 Å². The van der Waals surface area contributed by atoms with E-state index >= 15 is 0 Å². The number of methoxy groups -OCH3 is 1. The van der Waals surface area contributed by atoms with Crippen LogP contribution >= 0.6 is 27.5 Å². The molecular weight excluding hydrogens is 332 g/mol. The molecule has 6 heteroatoms. The highest BCUT2D eigenvalue weighted by atomic mass is 79.9. The number of halogens is 2. The van der Waals surface area contributed by atoms with E-state index in [1.807, 2.05) is 0 Å². The Morgan fingerprint density at radius 1 is 1.42 bits per heavy atom. The maximum Gasteiger partial charge on any atom is 0.255 e. The first kappa shape index (κ1) is 13.8. The Morgan fingerprint density at radius 3 is 2.89 bits per heavy atom. The quantitative estimate of drug-likeness (QED) is 0.865. The van der Waals surface area contributed by atoms with E-state index in [2.05, 4.69) is 26.2 Å². The molecule has 0 fully saturated rings. The van der Waals surface area contributed by atoms with Crippen molar-refractivity contribution in [3.05, 3.63) is 51.7 Å². The molecule has 1 aromatic carbocycles. The van der Waals surface area contributed by atoms with Gasteiger partial charge in [0.2, 0.25) is 0 Å². The number of hydrogen-bond acceptors (Lipinski definition) is 3. The van der Waals surface area contributed by atoms with Crippen molar-refractivity contribution in [2.75, 3.05) is 12.4 Å². The molecule has 98 valence electrons. The third kappa shape index (κ3) is 3.45. The molecule has 1 aromatic heterocycles. The van der Waals surface area contributed by atoms with Crippen LogP contribution in [-0.4, -0.2) is 18.0 Å². The molecule has 0 atom stereocenters. The summed E-state index contributed by atoms with van der Waals surface area (Å²) < 4.78 is 5.70. The van der Waals surface area contributed by atoms with Gasteiger partial charge in [0, 0.05) is 5.56 Å². The number of amides is 1. The van der Waals surface area contributed by atoms with Crippen molar-refractivity contribution in [1.29, 1.82) is 0 Å². The van der Waals surface area contributed by atoms with E-state index in [0.717, 1.165) is 0 Å². The van der Waals surface area contributed by atoms with Gasteiger partial charge in [-0.2, -0.15) is 0 Å². The number of nitrogens with zero attached hydrogens (tertiary/aromatic N) is 1. The van der Waals surface area contributed by atoms with Crippen molar-refractivity contribution in [3.8, 4) is 5.75 Å². The highest BCUT2D eigenvalue weighted by Gasteiger charge is 2.08. The molecule has 2 rings (SSSR count). The lowest BCUT2D eigenvalue weighted by Crippen LogP contribution is -2.12. The minimum Gasteiger partial charge on any atom is -0.497 e. The van der Waals surface area contributed by atoms with Crippen LogP contribution in [0.2, 0.25) is 5.15 Å². The zero-order valence-electron chi connectivity index (χ0n) is 9.98. The summed E-state index contributed by atoms with van der Waals surface area (Å²) in [5.41, 5.74) is 1.06. The number of anilines is 1. The minimum absolute atomic E-state index is 0.241. The first-order valence-corrected chi connectivity index (χ1v) is 6.53. The number of ether oxygens (including phenoxy) is 1. The highest BCUT2D eigenvalue weighted by molar-refractivity contribution is 9.10. The predicted octanol–water partition coefficient (Wildman–Crippen LogP) is 3.76. The summed E-state index contributed by atoms with van der Waals surface area (Å²) in [6, 6.07) is 8.58. The molecule has 1 amide bonds. The third-order valence-corrected chi connectivity index (χ3v) is 3.52. The Labute approximate surface area is 123 Å². The largest absolute Gasteiger partial charge is 0.497 e. The number of aromatic nitrogens is 1. The van der Waals surface area contributed by atoms with Gasteiger partial charge in [-0.05, 0) is 40.2 Å². The van der Waals surface area contributed by atoms with Crippen molar-refractivity contribution >= 4 is 39.1 Å². The summed E-state index contributed by atoms with van der Waals surface area (Å²) in [5, 5.41) is 3.08. The average molecular weight is 342 g/mol. The molecule has 0 radical (unpaired) electrons. The van der Waals surface area contributed by atoms with E-state index in [-0.39, 0.29) is 5.91 Å². The lowest BCUT2D eigenvalue weighted by Gasteiger charge is -2.07. The molecule has 19 heavy (non-hydrogen) atoms. The molecule has 1 heterocycles. The molecule has 0 saturated carbocycles. The van der Waals surface area contributed by atoms with Crippen LogP contribution in [0.5, 0.6) is 5.75 Å². The second-order valence-corrected chi connectivity index (χ2v) is 4.90. The van der Waals surface area contributed by atoms with Gasteiger partial charge in [-0.15, -0.1) is 0 Å². The maximum atomic E-state index is 12.0. The Balaban J connectivity index is 2.18. The minimum atomic E-state index is -0.241. The van der Waals surface area contributed by atoms with Crippen LogP contribution in [0.15, 0.2) is 41.0 Å². The summed E-state index contributed by atoms with van der Waals surface area (Å²) in [5.74, 6) is 0.387. The number of hydrogen-bond donors (Lipinski definition) is 1. The van der Waals surface area contributed by atoms with Gasteiger partial charge >= 0.3 is 0 Å². The van der Waals surface area contributed by atoms with Crippen LogP contribution in [0.4, 0.5) is 5.69 Å². The van der Waals surface area contributed by atoms with Crippen molar-refractivity contribution in [1.82, 2.24) is 4.98 Å². The molecule has 0 aliphatic rings. The van der Waals surface area contributed by atoms with Crippen LogP contribution in [0, 0.1) is 0 Å². The van der Waals surface area contributed by atoms with Crippen molar-refractivity contribution in [2.45, 2.75) is 0 Å². The molecular formula is C13H10BrClN2O2. The van der Waals surface area contributed by atoms with Gasteiger partial charge in [0.15, 0.2) is 0 Å². The van der Waals surface area contributed by atoms with E-state index in [1.165, 1.54) is 6.20 Å². The molecule has 2 aromatic rings. The average Bonchev–Trinajstić information content (AvgIpc) is 2.43. The van der Waals surface area contributed by atoms with E-state index in [1.54, 1.807) is 37.4 Å². The summed E-state index contributed by atoms with van der Waals surface area (Å²) in [4.78, 5) is 16.0. The van der Waals surface area contributed by atoms with Gasteiger partial charge < -0.3 is 10.1 Å². The van der Waals surface area contributed by atoms with Crippen LogP contribution in [-0.2, 0) is 0 Å². The molecule has 0 bridgehead atoms. The van der Waals surface area contributed by atoms with Gasteiger partial charge in [0.25, 0.3) is 5.91 Å². The lowest BCUT2D eigenvalue weighted by molar-refractivity contribution is 0.102. The molecule has 0 saturated heterocycles. The van der Waals surface area contributed by atoms with Gasteiger partial charge in [-0.3, -0.25) is 4.79 Å². The van der Waals surface area contributed by atoms with Gasteiger partial charge in [0.1, 0.15) is 10.9 Å². The Bertz CT molecular complexity index is 619. The predicted molar refractivity (Wildman–Crippen MR) is 77.9 cm³/mol. The summed E-state index contributed by atoms with van der Waals surface area (Å²) in [6.07, 6.45) is 1.49. The number of benzene rings is 1. The van der Waals surface area contributed by atoms with Gasteiger partial charge in [-0.1, -0.05) is 17.7 Å². The summed E-state index contributed by atoms with van der Waals surface area (Å²) >= 11 is 9.04. The maximum absolute atomic E-state index is 12.0. The normalized spacial score (nSPS) is 10.1. The second-order valence-electron chi connectivity index (χ2n) is 3.68. The van der Waals surface area contributed by atoms with Crippen LogP contribution < -0.4 is 10.1 Å². The Hall–Kier alpha value is -1.59. The van der Waals surface area contributed by atoms with Crippen molar-refractivity contribution in [3.63, 3.8) is 0 Å². The van der Waals surface area contributed by atoms with Crippen LogP contribution in [0.1, 0.15) is 10.4 Å². The number of pyridine rings is 1. The topological polar surface area (TPSA) is 51.2 Å². The van der Waals surface area contributed by atoms with E-state index in [9.17, 15) is 4.79 Å². The lowest BCUT2D eigenvalue weighted by atomic mass is 10.2. The highest BCUT2D eigenvalue weighted by Crippen LogP contribution is 2.23. The van der Waals surface area contributed by atoms with Gasteiger partial charge in [-0.25, -0.2) is 4.98 Å². The van der Waals surface area contributed by atoms with Crippen molar-refractivity contribution < 1.29 is 9.53 Å². The Kier molecular flexibility index (Phi) is 4.39. The number of nitrogens with one attached hydrogen (secondary N) is 1. The monoisotopic (exact) mass is 340 g/mol. The first-order valence-electron chi connectivity index (χ1n) is 5.36. The smallest absolute Gasteiger partial charge is 0.255 e. The van der Waals surface area contributed by atoms with Crippen LogP contribution in [0.25, 0.3) is 0 Å². The summed E-state index contributed by atoms with van der Waals surface area (Å²) in [6.45, 7) is 0. The van der Waals surface area contributed by atoms with E-state index in [0.29, 0.717) is 26.6 Å². The van der Waals surface area contributed by atoms with E-state index in [4.69, 9.17) is 16.3 Å². The molecule has 4 nitrogen and oxygen atoms in total. The Morgan fingerprint density at radius 2 is 2.21 bits per heavy atom. The fraction of sp³-hybridized carbons (Fsp3) is 0.0769. The first-order chi connectivity index (χ1) is 9.10. The number of carbonyl (C=O) groups is 1. The molecule has 0 unspecified atom stereocenters. The summed E-state index contributed by atoms with van der Waals surface area (Å²) in [7, 11) is 1.55. The number of carbonyl (C=O) groups excluding carboxylic acids is 1. The zero-order valence-corrected chi connectivity index (χ0v) is 12.3. The second kappa shape index (κ2) is 6.04. The third-order valence-electron chi connectivity index (χ3n) is 2.39. The molecule has 0 aliphatic carbocycles. The zero-order chi connectivity index (χ0) is 13.8. The van der Waals surface area contributed by atoms with Crippen molar-refractivity contribution in [2.24, 2.45) is 0 Å². The molecule has 0 spiro atoms. The SMILES string of the molecule is COc1cccc(C(=O)Nc2cnc(Cl)c(Br)c2)c1. The molecule has 0 aliphatic heterocycles. The molecule has 1 N–H and O–H groups in total. The van der Waals surface area contributed by atoms with Gasteiger partial charge in [0.05, 0.1) is 23.5 Å². The van der Waals surface area contributed by atoms with E-state index < -0.39 is 0 Å². The standard InChI is InChI=1S/C13H10BrClN2O2/c1-19-10-4-2-3-8(5-10)13(18)17-9-6-11(14)12(15)16-7-9/h2-7H,1H3,(H,17,18). The fourth-order valence-corrected chi connectivity index (χ4v) is 1.91.